The molecule has 0 aromatic carbocycles. The van der Waals surface area contributed by atoms with E-state index in [-0.39, 0.29) is 59.5 Å². The van der Waals surface area contributed by atoms with Gasteiger partial charge in [0.1, 0.15) is 36.8 Å². The van der Waals surface area contributed by atoms with Gasteiger partial charge in [-0.1, -0.05) is 78.8 Å². The molecule has 2 aliphatic heterocycles. The highest BCUT2D eigenvalue weighted by atomic mass is 35.5. The van der Waals surface area contributed by atoms with E-state index >= 15 is 0 Å². The van der Waals surface area contributed by atoms with Crippen LogP contribution in [-0.2, 0) is 27.2 Å². The third-order valence-corrected chi connectivity index (χ3v) is 19.0. The first-order valence-corrected chi connectivity index (χ1v) is 19.4. The lowest BCUT2D eigenvalue weighted by Crippen LogP contribution is -2.66. The van der Waals surface area contributed by atoms with Crippen molar-refractivity contribution in [1.29, 1.82) is 0 Å². The number of terminal acetylenes is 2. The Morgan fingerprint density at radius 3 is 2.23 bits per heavy atom. The van der Waals surface area contributed by atoms with E-state index in [9.17, 15) is 4.79 Å². The number of fused-ring (bicyclic) bond motifs is 2. The maximum atomic E-state index is 13.2. The van der Waals surface area contributed by atoms with Gasteiger partial charge in [0.25, 0.3) is 0 Å². The zero-order valence-corrected chi connectivity index (χ0v) is 29.6. The first kappa shape index (κ1) is 34.5. The van der Waals surface area contributed by atoms with E-state index in [4.69, 9.17) is 46.9 Å². The van der Waals surface area contributed by atoms with E-state index in [0.717, 1.165) is 0 Å². The number of aromatic nitrogens is 4. The minimum Gasteiger partial charge on any atom is -0.414 e. The predicted molar refractivity (Wildman–Crippen MR) is 172 cm³/mol. The summed E-state index contributed by atoms with van der Waals surface area (Å²) in [4.78, 5) is 27.6. The Morgan fingerprint density at radius 1 is 1.05 bits per heavy atom. The highest BCUT2D eigenvalue weighted by Gasteiger charge is 2.62. The molecule has 0 aliphatic carbocycles. The molecular formula is C30H44ClN5O6Si2. The summed E-state index contributed by atoms with van der Waals surface area (Å²) in [6, 6.07) is 0. The minimum absolute atomic E-state index is 0.0661. The van der Waals surface area contributed by atoms with E-state index in [0.29, 0.717) is 11.2 Å². The van der Waals surface area contributed by atoms with Gasteiger partial charge in [-0.25, -0.2) is 15.0 Å². The molecular weight excluding hydrogens is 618 g/mol. The molecule has 4 atom stereocenters. The molecule has 2 fully saturated rings. The van der Waals surface area contributed by atoms with Crippen LogP contribution >= 0.6 is 11.6 Å². The highest BCUT2D eigenvalue weighted by molar-refractivity contribution is 6.84. The third kappa shape index (κ3) is 6.35. The Bertz CT molecular complexity index is 1370. The average molecular weight is 662 g/mol. The molecule has 0 unspecified atom stereocenters. The number of carbonyl (C=O) groups is 1. The monoisotopic (exact) mass is 661 g/mol. The summed E-state index contributed by atoms with van der Waals surface area (Å²) in [6.45, 7) is 17.3. The van der Waals surface area contributed by atoms with Crippen LogP contribution in [0.15, 0.2) is 12.7 Å². The van der Waals surface area contributed by atoms with Gasteiger partial charge in [-0.15, -0.1) is 12.8 Å². The minimum atomic E-state index is -3.03. The number of rotatable bonds is 10. The summed E-state index contributed by atoms with van der Waals surface area (Å²) in [6.07, 6.45) is 11.2. The van der Waals surface area contributed by atoms with Crippen molar-refractivity contribution >= 4 is 45.8 Å². The van der Waals surface area contributed by atoms with Crippen LogP contribution < -0.4 is 0 Å². The molecule has 4 heterocycles. The van der Waals surface area contributed by atoms with Crippen molar-refractivity contribution in [3.05, 3.63) is 17.8 Å². The van der Waals surface area contributed by atoms with Crippen molar-refractivity contribution in [2.24, 2.45) is 0 Å². The number of nitrogens with zero attached hydrogens (tertiary/aromatic N) is 5. The van der Waals surface area contributed by atoms with Crippen LogP contribution in [0.25, 0.3) is 11.2 Å². The maximum Gasteiger partial charge on any atom is 0.335 e. The van der Waals surface area contributed by atoms with Crippen molar-refractivity contribution in [3.8, 4) is 24.7 Å². The number of carbonyl (C=O) groups excluding carboxylic acids is 1. The molecule has 0 bridgehead atoms. The summed E-state index contributed by atoms with van der Waals surface area (Å²) < 4.78 is 36.5. The van der Waals surface area contributed by atoms with Gasteiger partial charge >= 0.3 is 17.1 Å². The fourth-order valence-corrected chi connectivity index (χ4v) is 17.6. The number of imidazole rings is 1. The second-order valence-corrected chi connectivity index (χ2v) is 21.7. The number of halogens is 1. The van der Waals surface area contributed by atoms with Crippen molar-refractivity contribution in [2.75, 3.05) is 26.3 Å². The van der Waals surface area contributed by atoms with Crippen LogP contribution in [0.3, 0.4) is 0 Å². The number of hydrogen-bond acceptors (Lipinski definition) is 9. The normalized spacial score (nSPS) is 24.7. The number of hydrogen-bond donors (Lipinski definition) is 0. The summed E-state index contributed by atoms with van der Waals surface area (Å²) in [5.74, 6) is 4.62. The fourth-order valence-electron chi connectivity index (χ4n) is 6.25. The Balaban J connectivity index is 1.81. The predicted octanol–water partition coefficient (Wildman–Crippen LogP) is 4.81. The maximum absolute atomic E-state index is 13.2. The molecule has 44 heavy (non-hydrogen) atoms. The van der Waals surface area contributed by atoms with Crippen LogP contribution in [-0.4, -0.2) is 92.1 Å². The molecule has 11 nitrogen and oxygen atoms in total. The summed E-state index contributed by atoms with van der Waals surface area (Å²) in [5.41, 5.74) is 1.39. The quantitative estimate of drug-likeness (QED) is 0.201. The molecule has 4 rings (SSSR count). The van der Waals surface area contributed by atoms with Crippen LogP contribution in [0.5, 0.6) is 0 Å². The van der Waals surface area contributed by atoms with E-state index < -0.39 is 41.7 Å². The van der Waals surface area contributed by atoms with Gasteiger partial charge in [0, 0.05) is 0 Å². The Kier molecular flexibility index (Phi) is 11.0. The molecule has 0 spiro atoms. The van der Waals surface area contributed by atoms with Crippen LogP contribution in [0.2, 0.25) is 27.3 Å². The lowest BCUT2D eigenvalue weighted by molar-refractivity contribution is -0.141. The summed E-state index contributed by atoms with van der Waals surface area (Å²) >= 11 is 6.34. The molecule has 240 valence electrons. The molecule has 2 aromatic rings. The lowest BCUT2D eigenvalue weighted by atomic mass is 10.1. The first-order chi connectivity index (χ1) is 20.8. The van der Waals surface area contributed by atoms with Crippen LogP contribution in [0.1, 0.15) is 61.6 Å². The van der Waals surface area contributed by atoms with Crippen LogP contribution in [0, 0.1) is 24.7 Å². The third-order valence-electron chi connectivity index (χ3n) is 8.52. The second-order valence-electron chi connectivity index (χ2n) is 12.5. The molecule has 1 amide bonds. The largest absolute Gasteiger partial charge is 0.414 e. The molecule has 2 aliphatic rings. The van der Waals surface area contributed by atoms with Gasteiger partial charge in [-0.2, -0.15) is 0 Å². The van der Waals surface area contributed by atoms with E-state index in [1.807, 2.05) is 0 Å². The SMILES string of the molecule is C#CCN(CC#C)C(=O)CO[C@@H]1[C@@H]2O[Si](C(C)C)(C(C)C)O[Si](C(C)C)(C(C)C)OC[C@H]2O[C@H]1n1cnc2c(Cl)ncnc21. The van der Waals surface area contributed by atoms with Crippen molar-refractivity contribution in [3.63, 3.8) is 0 Å². The zero-order valence-electron chi connectivity index (χ0n) is 26.8. The molecule has 0 saturated carbocycles. The second kappa shape index (κ2) is 14.0. The highest BCUT2D eigenvalue weighted by Crippen LogP contribution is 2.49. The van der Waals surface area contributed by atoms with Crippen molar-refractivity contribution in [2.45, 2.75) is 102 Å². The average Bonchev–Trinajstić information content (AvgIpc) is 3.52. The molecule has 0 radical (unpaired) electrons. The van der Waals surface area contributed by atoms with E-state index in [2.05, 4.69) is 82.2 Å². The van der Waals surface area contributed by atoms with Gasteiger partial charge in [0.15, 0.2) is 17.0 Å². The summed E-state index contributed by atoms with van der Waals surface area (Å²) in [7, 11) is -5.84. The topological polar surface area (TPSA) is 110 Å². The zero-order chi connectivity index (χ0) is 32.4. The van der Waals surface area contributed by atoms with Gasteiger partial charge in [-0.05, 0) is 22.2 Å². The van der Waals surface area contributed by atoms with E-state index in [1.54, 1.807) is 10.9 Å². The van der Waals surface area contributed by atoms with Gasteiger partial charge in [0.05, 0.1) is 26.0 Å². The number of ether oxygens (including phenoxy) is 2. The Labute approximate surface area is 267 Å². The van der Waals surface area contributed by atoms with Crippen LogP contribution in [0.4, 0.5) is 0 Å². The summed E-state index contributed by atoms with van der Waals surface area (Å²) in [5, 5.41) is 0.216. The standard InChI is InChI=1S/C30H44ClN5O6Si2/c1-11-13-35(14-12-2)24(37)16-38-27-26-23(40-30(27)36-18-34-25-28(31)32-17-33-29(25)36)15-39-43(19(3)4,20(5)6)42-44(41-26,21(7)8)22(9)10/h1-2,17-23,26-27,30H,13-16H2,3-10H3/t23-,26-,27-,30-/m1/s1. The lowest BCUT2D eigenvalue weighted by Gasteiger charge is -2.51. The first-order valence-electron chi connectivity index (χ1n) is 15.1. The smallest absolute Gasteiger partial charge is 0.335 e. The Hall–Kier alpha value is -2.34. The fraction of sp³-hybridized carbons (Fsp3) is 0.667. The number of amides is 1. The van der Waals surface area contributed by atoms with Crippen molar-refractivity contribution < 1.29 is 27.2 Å². The Morgan fingerprint density at radius 2 is 1.66 bits per heavy atom. The molecule has 2 aromatic heterocycles. The molecule has 0 N–H and O–H groups in total. The van der Waals surface area contributed by atoms with E-state index in [1.165, 1.54) is 11.2 Å². The van der Waals surface area contributed by atoms with Gasteiger partial charge in [0.2, 0.25) is 5.91 Å². The van der Waals surface area contributed by atoms with Gasteiger partial charge in [-0.3, -0.25) is 9.36 Å². The molecule has 14 heteroatoms. The van der Waals surface area contributed by atoms with Gasteiger partial charge < -0.3 is 27.3 Å². The van der Waals surface area contributed by atoms with Crippen molar-refractivity contribution in [1.82, 2.24) is 24.4 Å². The molecule has 2 saturated heterocycles.